The first kappa shape index (κ1) is 19.6. The van der Waals surface area contributed by atoms with Gasteiger partial charge >= 0.3 is 15.6 Å². The highest BCUT2D eigenvalue weighted by molar-refractivity contribution is 7.62. The van der Waals surface area contributed by atoms with Crippen molar-refractivity contribution < 1.29 is 32.0 Å². The molecule has 1 unspecified atom stereocenters. The minimum atomic E-state index is -4.80. The molecule has 2 rings (SSSR count). The lowest BCUT2D eigenvalue weighted by Crippen LogP contribution is -2.22. The Morgan fingerprint density at radius 3 is 1.84 bits per heavy atom. The normalized spacial score (nSPS) is 13.8. The van der Waals surface area contributed by atoms with E-state index in [1.165, 1.54) is 24.3 Å². The fourth-order valence-electron chi connectivity index (χ4n) is 1.60. The van der Waals surface area contributed by atoms with Crippen LogP contribution in [0.2, 0.25) is 0 Å². The van der Waals surface area contributed by atoms with Crippen LogP contribution >= 0.6 is 15.6 Å². The van der Waals surface area contributed by atoms with Crippen molar-refractivity contribution in [1.82, 2.24) is 5.48 Å². The smallest absolute Gasteiger partial charge is 0.395 e. The summed E-state index contributed by atoms with van der Waals surface area (Å²) >= 11 is 0. The average Bonchev–Trinajstić information content (AvgIpc) is 2.55. The summed E-state index contributed by atoms with van der Waals surface area (Å²) in [5.74, 6) is 0.244. The molecule has 2 aromatic carbocycles. The Hall–Kier alpha value is -1.70. The Labute approximate surface area is 144 Å². The third-order valence-electron chi connectivity index (χ3n) is 2.55. The molecule has 1 atom stereocenters. The molecular weight excluding hydrogens is 370 g/mol. The zero-order valence-corrected chi connectivity index (χ0v) is 14.8. The van der Waals surface area contributed by atoms with E-state index in [9.17, 15) is 14.0 Å². The monoisotopic (exact) mass is 388 g/mol. The molecule has 0 saturated heterocycles. The summed E-state index contributed by atoms with van der Waals surface area (Å²) in [4.78, 5) is 9.71. The summed E-state index contributed by atoms with van der Waals surface area (Å²) in [6.07, 6.45) is 0. The van der Waals surface area contributed by atoms with Gasteiger partial charge in [-0.25, -0.2) is 9.13 Å². The van der Waals surface area contributed by atoms with Gasteiger partial charge in [-0.2, -0.15) is 14.4 Å². The van der Waals surface area contributed by atoms with Crippen LogP contribution in [0.1, 0.15) is 0 Å². The van der Waals surface area contributed by atoms with E-state index in [0.717, 1.165) is 0 Å². The molecule has 0 bridgehead atoms. The van der Waals surface area contributed by atoms with Gasteiger partial charge in [0.25, 0.3) is 0 Å². The minimum absolute atomic E-state index is 0.0807. The third-order valence-corrected chi connectivity index (χ3v) is 5.40. The molecule has 0 radical (unpaired) electrons. The average molecular weight is 388 g/mol. The predicted molar refractivity (Wildman–Crippen MR) is 90.8 cm³/mol. The van der Waals surface area contributed by atoms with Gasteiger partial charge in [0.05, 0.1) is 0 Å². The molecule has 0 saturated carbocycles. The van der Waals surface area contributed by atoms with Crippen LogP contribution in [-0.4, -0.2) is 18.0 Å². The molecule has 0 heterocycles. The number of rotatable bonds is 10. The maximum absolute atomic E-state index is 12.9. The second-order valence-corrected chi connectivity index (χ2v) is 7.61. The van der Waals surface area contributed by atoms with Gasteiger partial charge in [-0.05, 0) is 24.3 Å². The number of hydrogen-bond acceptors (Lipinski definition) is 8. The van der Waals surface area contributed by atoms with Crippen LogP contribution in [0.15, 0.2) is 60.7 Å². The summed E-state index contributed by atoms with van der Waals surface area (Å²) in [6.45, 7) is 0.232. The highest BCUT2D eigenvalue weighted by Gasteiger charge is 2.41. The maximum Gasteiger partial charge on any atom is 0.596 e. The molecule has 0 amide bonds. The van der Waals surface area contributed by atoms with Gasteiger partial charge in [-0.3, -0.25) is 0 Å². The van der Waals surface area contributed by atoms with E-state index in [2.05, 4.69) is 14.4 Å². The molecule has 0 fully saturated rings. The Kier molecular flexibility index (Phi) is 7.16. The molecule has 11 heteroatoms. The first-order valence-electron chi connectivity index (χ1n) is 7.17. The number of benzene rings is 2. The zero-order valence-electron chi connectivity index (χ0n) is 13.1. The van der Waals surface area contributed by atoms with Gasteiger partial charge in [0.1, 0.15) is 11.5 Å². The van der Waals surface area contributed by atoms with Crippen LogP contribution in [0.5, 0.6) is 11.5 Å². The van der Waals surface area contributed by atoms with Crippen molar-refractivity contribution in [2.75, 3.05) is 13.1 Å². The number of para-hydroxylation sites is 2. The number of hydroxylamine groups is 1. The summed E-state index contributed by atoms with van der Waals surface area (Å²) in [5, 5.41) is 0. The van der Waals surface area contributed by atoms with E-state index in [1.54, 1.807) is 36.4 Å². The van der Waals surface area contributed by atoms with Crippen molar-refractivity contribution in [2.24, 2.45) is 5.73 Å². The molecule has 0 aliphatic carbocycles. The molecule has 0 aliphatic heterocycles. The van der Waals surface area contributed by atoms with Crippen molar-refractivity contribution in [1.29, 1.82) is 0 Å². The lowest BCUT2D eigenvalue weighted by atomic mass is 10.3. The van der Waals surface area contributed by atoms with E-state index in [0.29, 0.717) is 0 Å². The second kappa shape index (κ2) is 9.12. The first-order chi connectivity index (χ1) is 11.9. The van der Waals surface area contributed by atoms with Crippen molar-refractivity contribution in [3.05, 3.63) is 60.7 Å². The standard InChI is InChI=1S/C14H18N2O7P2/c15-11-12-16-22-24(17,18)23-25(19,20-13-7-3-1-4-8-13)21-14-9-5-2-6-10-14/h1-10,16H,11-12,15H2,(H,17,18). The van der Waals surface area contributed by atoms with Crippen molar-refractivity contribution in [3.8, 4) is 11.5 Å². The van der Waals surface area contributed by atoms with Crippen LogP contribution in [0, 0.1) is 0 Å². The minimum Gasteiger partial charge on any atom is -0.395 e. The number of phosphoric ester groups is 1. The van der Waals surface area contributed by atoms with Gasteiger partial charge in [0, 0.05) is 13.1 Å². The van der Waals surface area contributed by atoms with Crippen molar-refractivity contribution >= 4 is 15.6 Å². The van der Waals surface area contributed by atoms with E-state index in [1.807, 2.05) is 0 Å². The molecule has 0 spiro atoms. The number of hydrogen-bond donors (Lipinski definition) is 3. The Balaban J connectivity index is 2.19. The molecule has 25 heavy (non-hydrogen) atoms. The van der Waals surface area contributed by atoms with Gasteiger partial charge in [-0.15, -0.1) is 0 Å². The molecule has 9 nitrogen and oxygen atoms in total. The van der Waals surface area contributed by atoms with Crippen LogP contribution in [0.4, 0.5) is 0 Å². The molecule has 0 aromatic heterocycles. The third kappa shape index (κ3) is 6.97. The quantitative estimate of drug-likeness (QED) is 0.320. The maximum atomic E-state index is 12.9. The Bertz CT molecular complexity index is 700. The van der Waals surface area contributed by atoms with Crippen LogP contribution < -0.4 is 20.3 Å². The SMILES string of the molecule is NCCNOP(=O)(O)OP(=O)(Oc1ccccc1)Oc1ccccc1. The van der Waals surface area contributed by atoms with Crippen LogP contribution in [0.25, 0.3) is 0 Å². The van der Waals surface area contributed by atoms with E-state index in [-0.39, 0.29) is 24.6 Å². The van der Waals surface area contributed by atoms with Crippen molar-refractivity contribution in [2.45, 2.75) is 0 Å². The zero-order chi connectivity index (χ0) is 18.2. The Morgan fingerprint density at radius 1 is 0.920 bits per heavy atom. The highest BCUT2D eigenvalue weighted by atomic mass is 31.3. The Morgan fingerprint density at radius 2 is 1.40 bits per heavy atom. The van der Waals surface area contributed by atoms with Gasteiger partial charge in [0.2, 0.25) is 0 Å². The topological polar surface area (TPSA) is 129 Å². The summed E-state index contributed by atoms with van der Waals surface area (Å²) in [6, 6.07) is 15.9. The van der Waals surface area contributed by atoms with Gasteiger partial charge < -0.3 is 19.7 Å². The number of phosphoric acid groups is 2. The molecule has 136 valence electrons. The lowest BCUT2D eigenvalue weighted by Gasteiger charge is -2.20. The van der Waals surface area contributed by atoms with Gasteiger partial charge in [-0.1, -0.05) is 36.4 Å². The van der Waals surface area contributed by atoms with Crippen LogP contribution in [-0.2, 0) is 18.1 Å². The molecular formula is C14H18N2O7P2. The van der Waals surface area contributed by atoms with E-state index >= 15 is 0 Å². The second-order valence-electron chi connectivity index (χ2n) is 4.58. The highest BCUT2D eigenvalue weighted by Crippen LogP contribution is 2.62. The van der Waals surface area contributed by atoms with E-state index < -0.39 is 15.6 Å². The summed E-state index contributed by atoms with van der Waals surface area (Å²) in [7, 11) is -9.34. The largest absolute Gasteiger partial charge is 0.596 e. The first-order valence-corrected chi connectivity index (χ1v) is 10.1. The summed E-state index contributed by atoms with van der Waals surface area (Å²) in [5.41, 5.74) is 7.36. The van der Waals surface area contributed by atoms with E-state index in [4.69, 9.17) is 14.8 Å². The lowest BCUT2D eigenvalue weighted by molar-refractivity contribution is 0.123. The van der Waals surface area contributed by atoms with Crippen molar-refractivity contribution in [3.63, 3.8) is 0 Å². The molecule has 4 N–H and O–H groups in total. The predicted octanol–water partition coefficient (Wildman–Crippen LogP) is 2.85. The fourth-order valence-corrected chi connectivity index (χ4v) is 4.06. The molecule has 2 aromatic rings. The number of nitrogens with one attached hydrogen (secondary N) is 1. The van der Waals surface area contributed by atoms with Crippen LogP contribution in [0.3, 0.4) is 0 Å². The van der Waals surface area contributed by atoms with Gasteiger partial charge in [0.15, 0.2) is 0 Å². The summed E-state index contributed by atoms with van der Waals surface area (Å²) < 4.78 is 44.4. The fraction of sp³-hybridized carbons (Fsp3) is 0.143. The number of nitrogens with two attached hydrogens (primary N) is 1. The molecule has 0 aliphatic rings.